The molecule has 0 unspecified atom stereocenters. The molecule has 14 atom stereocenters. The lowest BCUT2D eigenvalue weighted by Crippen LogP contribution is -2.64. The van der Waals surface area contributed by atoms with Gasteiger partial charge in [0.05, 0.1) is 12.2 Å². The highest BCUT2D eigenvalue weighted by atomic mass is 16.7. The van der Waals surface area contributed by atoms with Crippen LogP contribution in [0.4, 0.5) is 0 Å². The number of ether oxygens (including phenoxy) is 4. The van der Waals surface area contributed by atoms with E-state index < -0.39 is 110 Å². The Morgan fingerprint density at radius 3 is 1.02 bits per heavy atom. The minimum Gasteiger partial charge on any atom is -0.481 e. The second-order valence-electron chi connectivity index (χ2n) is 10.7. The van der Waals surface area contributed by atoms with Gasteiger partial charge in [0.1, 0.15) is 48.8 Å². The highest BCUT2D eigenvalue weighted by molar-refractivity contribution is 5.63. The lowest BCUT2D eigenvalue weighted by molar-refractivity contribution is -0.323. The number of carboxylic acid groups (broad SMARTS) is 4. The molecule has 1 saturated carbocycles. The van der Waals surface area contributed by atoms with Crippen molar-refractivity contribution in [1.29, 1.82) is 0 Å². The molecule has 22 nitrogen and oxygen atoms in total. The first-order chi connectivity index (χ1) is 22.0. The van der Waals surface area contributed by atoms with E-state index in [1.54, 1.807) is 0 Å². The van der Waals surface area contributed by atoms with Gasteiger partial charge >= 0.3 is 0 Å². The fraction of sp³-hybridized carbons (Fsp3) is 0.846. The van der Waals surface area contributed by atoms with Crippen molar-refractivity contribution in [3.63, 3.8) is 0 Å². The molecule has 22 heteroatoms. The minimum atomic E-state index is -1.54. The summed E-state index contributed by atoms with van der Waals surface area (Å²) in [5.41, 5.74) is 23.4. The van der Waals surface area contributed by atoms with Crippen LogP contribution in [0.25, 0.3) is 0 Å². The quantitative estimate of drug-likeness (QED) is 0.122. The molecule has 0 aromatic rings. The van der Waals surface area contributed by atoms with Crippen molar-refractivity contribution in [3.8, 4) is 0 Å². The van der Waals surface area contributed by atoms with Gasteiger partial charge in [-0.1, -0.05) is 0 Å². The SMILES string of the molecule is CC(=O)O.CC(=O)O.CC(=O)O.CC(=O)O.NC[C@@H]1O[C@H](O[C@@H]2C[C@@H](O[C@H]3O[C@H](CN)[C@@H](O)[C@H](O)[C@H]3O)[C@H](N)C[C@H]2N)[C@@H](O)[C@H](O)[C@H]1O. The minimum absolute atomic E-state index is 0.106. The van der Waals surface area contributed by atoms with Crippen molar-refractivity contribution in [2.24, 2.45) is 22.9 Å². The zero-order valence-electron chi connectivity index (χ0n) is 27.0. The summed E-state index contributed by atoms with van der Waals surface area (Å²) in [6.45, 7) is 4.12. The Hall–Kier alpha value is -2.68. The Bertz CT molecular complexity index is 850. The maximum atomic E-state index is 10.2. The van der Waals surface area contributed by atoms with Crippen LogP contribution in [-0.2, 0) is 38.1 Å². The first kappa shape index (κ1) is 47.4. The first-order valence-corrected chi connectivity index (χ1v) is 14.4. The van der Waals surface area contributed by atoms with E-state index in [4.69, 9.17) is 81.5 Å². The molecule has 2 saturated heterocycles. The van der Waals surface area contributed by atoms with E-state index in [1.807, 2.05) is 0 Å². The topological polar surface area (TPSA) is 412 Å². The van der Waals surface area contributed by atoms with Crippen LogP contribution in [0.5, 0.6) is 0 Å². The van der Waals surface area contributed by atoms with Gasteiger partial charge in [-0.25, -0.2) is 0 Å². The normalized spacial score (nSPS) is 37.2. The van der Waals surface area contributed by atoms with Crippen molar-refractivity contribution in [2.75, 3.05) is 13.1 Å². The molecule has 0 spiro atoms. The molecular formula is C26H52N4O18. The Labute approximate surface area is 275 Å². The average molecular weight is 709 g/mol. The summed E-state index contributed by atoms with van der Waals surface area (Å²) in [7, 11) is 0. The maximum absolute atomic E-state index is 10.2. The third kappa shape index (κ3) is 18.2. The molecule has 0 aromatic heterocycles. The molecule has 2 aliphatic heterocycles. The van der Waals surface area contributed by atoms with E-state index >= 15 is 0 Å². The standard InChI is InChI=1S/C18H36N4O10.4C2H4O2/c19-3-9-11(23)13(25)15(27)17(31-9)29-7-2-8(6(22)1-5(7)21)30-18-16(28)14(26)12(24)10(4-20)32-18;4*1-2(3)4/h5-18,23-28H,1-4,19-22H2;4*1H3,(H,3,4)/t5-,6-,7-,8-,9-,10+,11-,12+,13+,14-,15-,16+,17+,18+;;;;/m1..../s1. The molecule has 48 heavy (non-hydrogen) atoms. The summed E-state index contributed by atoms with van der Waals surface area (Å²) in [6, 6.07) is -1.13. The molecule has 284 valence electrons. The van der Waals surface area contributed by atoms with Crippen LogP contribution in [0.2, 0.25) is 0 Å². The van der Waals surface area contributed by atoms with Crippen molar-refractivity contribution >= 4 is 23.9 Å². The zero-order chi connectivity index (χ0) is 38.0. The molecule has 3 fully saturated rings. The van der Waals surface area contributed by atoms with Crippen LogP contribution in [0.15, 0.2) is 0 Å². The number of hydrogen-bond acceptors (Lipinski definition) is 18. The highest BCUT2D eigenvalue weighted by Crippen LogP contribution is 2.31. The molecular weight excluding hydrogens is 656 g/mol. The van der Waals surface area contributed by atoms with Crippen molar-refractivity contribution in [2.45, 2.75) is 126 Å². The van der Waals surface area contributed by atoms with Gasteiger partial charge in [-0.3, -0.25) is 19.2 Å². The van der Waals surface area contributed by atoms with Crippen LogP contribution < -0.4 is 22.9 Å². The molecule has 18 N–H and O–H groups in total. The van der Waals surface area contributed by atoms with E-state index in [1.165, 1.54) is 0 Å². The highest BCUT2D eigenvalue weighted by Gasteiger charge is 2.48. The fourth-order valence-electron chi connectivity index (χ4n) is 4.30. The van der Waals surface area contributed by atoms with Crippen LogP contribution in [-0.4, -0.2) is 174 Å². The second kappa shape index (κ2) is 23.6. The second-order valence-corrected chi connectivity index (χ2v) is 10.7. The summed E-state index contributed by atoms with van der Waals surface area (Å²) >= 11 is 0. The predicted octanol–water partition coefficient (Wildman–Crippen LogP) is -5.90. The van der Waals surface area contributed by atoms with Crippen LogP contribution in [0.3, 0.4) is 0 Å². The molecule has 0 amide bonds. The van der Waals surface area contributed by atoms with Crippen LogP contribution >= 0.6 is 0 Å². The smallest absolute Gasteiger partial charge is 0.300 e. The van der Waals surface area contributed by atoms with Gasteiger partial charge in [-0.05, 0) is 6.42 Å². The lowest BCUT2D eigenvalue weighted by atomic mass is 9.86. The number of carbonyl (C=O) groups is 4. The van der Waals surface area contributed by atoms with E-state index in [0.717, 1.165) is 27.7 Å². The number of carboxylic acids is 4. The van der Waals surface area contributed by atoms with E-state index in [0.29, 0.717) is 0 Å². The first-order valence-electron chi connectivity index (χ1n) is 14.4. The number of hydrogen-bond donors (Lipinski definition) is 14. The van der Waals surface area contributed by atoms with Gasteiger partial charge in [0, 0.05) is 59.3 Å². The van der Waals surface area contributed by atoms with E-state index in [9.17, 15) is 30.6 Å². The Kier molecular flexibility index (Phi) is 23.4. The third-order valence-corrected chi connectivity index (χ3v) is 6.38. The Morgan fingerprint density at radius 2 is 0.792 bits per heavy atom. The van der Waals surface area contributed by atoms with E-state index in [2.05, 4.69) is 0 Å². The molecule has 0 aromatic carbocycles. The molecule has 0 radical (unpaired) electrons. The number of aliphatic hydroxyl groups is 6. The van der Waals surface area contributed by atoms with Crippen LogP contribution in [0, 0.1) is 0 Å². The lowest BCUT2D eigenvalue weighted by Gasteiger charge is -2.46. The summed E-state index contributed by atoms with van der Waals surface area (Å²) < 4.78 is 22.6. The molecule has 1 aliphatic carbocycles. The molecule has 0 bridgehead atoms. The van der Waals surface area contributed by atoms with Gasteiger partial charge in [0.15, 0.2) is 12.6 Å². The van der Waals surface area contributed by atoms with Gasteiger partial charge < -0.3 is 92.9 Å². The molecule has 3 aliphatic rings. The number of aliphatic hydroxyl groups excluding tert-OH is 6. The van der Waals surface area contributed by atoms with E-state index in [-0.39, 0.29) is 25.9 Å². The van der Waals surface area contributed by atoms with Crippen molar-refractivity contribution < 1.29 is 89.2 Å². The van der Waals surface area contributed by atoms with Gasteiger partial charge in [-0.2, -0.15) is 0 Å². The number of rotatable bonds is 6. The summed E-state index contributed by atoms with van der Waals surface area (Å²) in [5, 5.41) is 90.1. The monoisotopic (exact) mass is 708 g/mol. The largest absolute Gasteiger partial charge is 0.481 e. The average Bonchev–Trinajstić information content (AvgIpc) is 2.94. The van der Waals surface area contributed by atoms with Crippen molar-refractivity contribution in [3.05, 3.63) is 0 Å². The van der Waals surface area contributed by atoms with Crippen molar-refractivity contribution in [1.82, 2.24) is 0 Å². The zero-order valence-corrected chi connectivity index (χ0v) is 27.0. The fourth-order valence-corrected chi connectivity index (χ4v) is 4.30. The Balaban J connectivity index is 0. The Morgan fingerprint density at radius 1 is 0.542 bits per heavy atom. The number of aliphatic carboxylic acids is 4. The van der Waals surface area contributed by atoms with Crippen LogP contribution in [0.1, 0.15) is 40.5 Å². The number of nitrogens with two attached hydrogens (primary N) is 4. The molecule has 2 heterocycles. The maximum Gasteiger partial charge on any atom is 0.300 e. The van der Waals surface area contributed by atoms with Gasteiger partial charge in [0.2, 0.25) is 0 Å². The third-order valence-electron chi connectivity index (χ3n) is 6.38. The summed E-state index contributed by atoms with van der Waals surface area (Å²) in [6.07, 6.45) is -14.5. The predicted molar refractivity (Wildman–Crippen MR) is 160 cm³/mol. The van der Waals surface area contributed by atoms with Gasteiger partial charge in [-0.15, -0.1) is 0 Å². The summed E-state index contributed by atoms with van der Waals surface area (Å²) in [5.74, 6) is -3.33. The van der Waals surface area contributed by atoms with Gasteiger partial charge in [0.25, 0.3) is 23.9 Å². The summed E-state index contributed by atoms with van der Waals surface area (Å²) in [4.78, 5) is 36.0. The molecule has 3 rings (SSSR count).